The molecule has 1 heterocycles. The number of anilines is 1. The van der Waals surface area contributed by atoms with Gasteiger partial charge >= 0.3 is 0 Å². The Hall–Kier alpha value is -0.610. The zero-order valence-electron chi connectivity index (χ0n) is 8.20. The van der Waals surface area contributed by atoms with E-state index in [0.717, 1.165) is 23.4 Å². The molecular formula is C10H15BrN2O. The minimum Gasteiger partial charge on any atom is -0.396 e. The van der Waals surface area contributed by atoms with E-state index in [1.165, 1.54) is 0 Å². The van der Waals surface area contributed by atoms with Gasteiger partial charge in [0, 0.05) is 13.2 Å². The first-order chi connectivity index (χ1) is 6.72. The standard InChI is InChI=1S/C10H15BrN2O/c1-8(5-6-14)7-12-10-4-2-3-9(11)13-10/h2-4,8,14H,5-7H2,1H3,(H,12,13). The van der Waals surface area contributed by atoms with Gasteiger partial charge in [-0.15, -0.1) is 0 Å². The number of rotatable bonds is 5. The molecule has 0 saturated heterocycles. The fourth-order valence-corrected chi connectivity index (χ4v) is 1.45. The number of nitrogens with one attached hydrogen (secondary N) is 1. The number of hydrogen-bond donors (Lipinski definition) is 2. The molecule has 78 valence electrons. The first-order valence-electron chi connectivity index (χ1n) is 4.69. The van der Waals surface area contributed by atoms with Gasteiger partial charge in [-0.1, -0.05) is 13.0 Å². The van der Waals surface area contributed by atoms with Crippen molar-refractivity contribution in [1.29, 1.82) is 0 Å². The second-order valence-corrected chi connectivity index (χ2v) is 4.16. The number of aliphatic hydroxyl groups is 1. The third-order valence-electron chi connectivity index (χ3n) is 1.97. The highest BCUT2D eigenvalue weighted by Gasteiger charge is 2.01. The van der Waals surface area contributed by atoms with E-state index in [0.29, 0.717) is 5.92 Å². The maximum absolute atomic E-state index is 8.73. The van der Waals surface area contributed by atoms with Gasteiger partial charge in [-0.2, -0.15) is 0 Å². The van der Waals surface area contributed by atoms with Crippen molar-refractivity contribution in [2.75, 3.05) is 18.5 Å². The normalized spacial score (nSPS) is 12.5. The van der Waals surface area contributed by atoms with E-state index in [-0.39, 0.29) is 6.61 Å². The van der Waals surface area contributed by atoms with Crippen molar-refractivity contribution in [2.24, 2.45) is 5.92 Å². The van der Waals surface area contributed by atoms with Crippen LogP contribution in [0.3, 0.4) is 0 Å². The van der Waals surface area contributed by atoms with E-state index in [1.54, 1.807) is 0 Å². The summed E-state index contributed by atoms with van der Waals surface area (Å²) < 4.78 is 0.831. The minimum absolute atomic E-state index is 0.245. The fraction of sp³-hybridized carbons (Fsp3) is 0.500. The average Bonchev–Trinajstić information content (AvgIpc) is 2.15. The molecule has 0 aliphatic carbocycles. The molecule has 1 rings (SSSR count). The highest BCUT2D eigenvalue weighted by atomic mass is 79.9. The Labute approximate surface area is 92.7 Å². The van der Waals surface area contributed by atoms with Crippen LogP contribution in [0.1, 0.15) is 13.3 Å². The molecule has 0 saturated carbocycles. The summed E-state index contributed by atoms with van der Waals surface area (Å²) in [6.45, 7) is 3.18. The lowest BCUT2D eigenvalue weighted by Gasteiger charge is -2.11. The maximum atomic E-state index is 8.73. The van der Waals surface area contributed by atoms with Gasteiger partial charge in [-0.3, -0.25) is 0 Å². The maximum Gasteiger partial charge on any atom is 0.127 e. The van der Waals surface area contributed by atoms with Crippen molar-refractivity contribution >= 4 is 21.7 Å². The monoisotopic (exact) mass is 258 g/mol. The highest BCUT2D eigenvalue weighted by molar-refractivity contribution is 9.10. The van der Waals surface area contributed by atoms with Crippen molar-refractivity contribution in [3.8, 4) is 0 Å². The van der Waals surface area contributed by atoms with Crippen LogP contribution in [0.25, 0.3) is 0 Å². The summed E-state index contributed by atoms with van der Waals surface area (Å²) in [5, 5.41) is 11.9. The molecule has 1 atom stereocenters. The molecule has 0 radical (unpaired) electrons. The Morgan fingerprint density at radius 2 is 2.36 bits per heavy atom. The quantitative estimate of drug-likeness (QED) is 0.797. The number of aromatic nitrogens is 1. The summed E-state index contributed by atoms with van der Waals surface area (Å²) in [6, 6.07) is 5.76. The van der Waals surface area contributed by atoms with Crippen LogP contribution in [0.2, 0.25) is 0 Å². The van der Waals surface area contributed by atoms with Crippen molar-refractivity contribution in [2.45, 2.75) is 13.3 Å². The number of nitrogens with zero attached hydrogens (tertiary/aromatic N) is 1. The van der Waals surface area contributed by atoms with Crippen molar-refractivity contribution in [3.63, 3.8) is 0 Å². The van der Waals surface area contributed by atoms with Crippen LogP contribution in [0, 0.1) is 5.92 Å². The summed E-state index contributed by atoms with van der Waals surface area (Å²) in [4.78, 5) is 4.25. The molecule has 0 amide bonds. The largest absolute Gasteiger partial charge is 0.396 e. The van der Waals surface area contributed by atoms with Crippen LogP contribution in [0.4, 0.5) is 5.82 Å². The van der Waals surface area contributed by atoms with E-state index >= 15 is 0 Å². The molecule has 4 heteroatoms. The number of hydrogen-bond acceptors (Lipinski definition) is 3. The van der Waals surface area contributed by atoms with Crippen LogP contribution in [0.5, 0.6) is 0 Å². The molecule has 0 fully saturated rings. The number of aliphatic hydroxyl groups excluding tert-OH is 1. The van der Waals surface area contributed by atoms with Crippen LogP contribution >= 0.6 is 15.9 Å². The molecule has 3 nitrogen and oxygen atoms in total. The van der Waals surface area contributed by atoms with Crippen LogP contribution in [-0.2, 0) is 0 Å². The second kappa shape index (κ2) is 5.98. The van der Waals surface area contributed by atoms with Gasteiger partial charge in [0.1, 0.15) is 10.4 Å². The van der Waals surface area contributed by atoms with E-state index in [2.05, 4.69) is 33.2 Å². The molecule has 0 bridgehead atoms. The highest BCUT2D eigenvalue weighted by Crippen LogP contribution is 2.11. The molecule has 0 aliphatic rings. The Morgan fingerprint density at radius 1 is 1.57 bits per heavy atom. The Bertz CT molecular complexity index is 281. The summed E-state index contributed by atoms with van der Waals surface area (Å²) in [6.07, 6.45) is 0.820. The average molecular weight is 259 g/mol. The van der Waals surface area contributed by atoms with Gasteiger partial charge in [0.25, 0.3) is 0 Å². The molecule has 0 aromatic carbocycles. The summed E-state index contributed by atoms with van der Waals surface area (Å²) in [5.74, 6) is 1.32. The number of halogens is 1. The third kappa shape index (κ3) is 4.07. The fourth-order valence-electron chi connectivity index (χ4n) is 1.11. The van der Waals surface area contributed by atoms with E-state index < -0.39 is 0 Å². The van der Waals surface area contributed by atoms with E-state index in [1.807, 2.05) is 18.2 Å². The lowest BCUT2D eigenvalue weighted by molar-refractivity contribution is 0.266. The molecule has 0 aliphatic heterocycles. The second-order valence-electron chi connectivity index (χ2n) is 3.34. The van der Waals surface area contributed by atoms with E-state index in [9.17, 15) is 0 Å². The van der Waals surface area contributed by atoms with Crippen LogP contribution in [-0.4, -0.2) is 23.2 Å². The summed E-state index contributed by atoms with van der Waals surface area (Å²) in [5.41, 5.74) is 0. The Balaban J connectivity index is 2.37. The Kier molecular flexibility index (Phi) is 4.90. The summed E-state index contributed by atoms with van der Waals surface area (Å²) >= 11 is 3.31. The van der Waals surface area contributed by atoms with Crippen LogP contribution in [0.15, 0.2) is 22.8 Å². The Morgan fingerprint density at radius 3 is 3.00 bits per heavy atom. The van der Waals surface area contributed by atoms with Gasteiger partial charge < -0.3 is 10.4 Å². The molecular weight excluding hydrogens is 244 g/mol. The number of pyridine rings is 1. The molecule has 1 aromatic heterocycles. The minimum atomic E-state index is 0.245. The van der Waals surface area contributed by atoms with Gasteiger partial charge in [-0.05, 0) is 40.4 Å². The lowest BCUT2D eigenvalue weighted by Crippen LogP contribution is -2.13. The van der Waals surface area contributed by atoms with Crippen LogP contribution < -0.4 is 5.32 Å². The van der Waals surface area contributed by atoms with Crippen molar-refractivity contribution < 1.29 is 5.11 Å². The molecule has 14 heavy (non-hydrogen) atoms. The third-order valence-corrected chi connectivity index (χ3v) is 2.41. The topological polar surface area (TPSA) is 45.1 Å². The van der Waals surface area contributed by atoms with E-state index in [4.69, 9.17) is 5.11 Å². The SMILES string of the molecule is CC(CCO)CNc1cccc(Br)n1. The molecule has 2 N–H and O–H groups in total. The molecule has 1 aromatic rings. The smallest absolute Gasteiger partial charge is 0.127 e. The lowest BCUT2D eigenvalue weighted by atomic mass is 10.1. The van der Waals surface area contributed by atoms with Gasteiger partial charge in [0.2, 0.25) is 0 Å². The first kappa shape index (κ1) is 11.5. The zero-order valence-corrected chi connectivity index (χ0v) is 9.79. The predicted molar refractivity (Wildman–Crippen MR) is 61.3 cm³/mol. The van der Waals surface area contributed by atoms with Gasteiger partial charge in [0.15, 0.2) is 0 Å². The molecule has 0 spiro atoms. The van der Waals surface area contributed by atoms with Crippen molar-refractivity contribution in [3.05, 3.63) is 22.8 Å². The van der Waals surface area contributed by atoms with Crippen molar-refractivity contribution in [1.82, 2.24) is 4.98 Å². The van der Waals surface area contributed by atoms with Gasteiger partial charge in [-0.25, -0.2) is 4.98 Å². The zero-order chi connectivity index (χ0) is 10.4. The van der Waals surface area contributed by atoms with Gasteiger partial charge in [0.05, 0.1) is 0 Å². The predicted octanol–water partition coefficient (Wildman–Crippen LogP) is 2.27. The summed E-state index contributed by atoms with van der Waals surface area (Å²) in [7, 11) is 0. The first-order valence-corrected chi connectivity index (χ1v) is 5.49. The molecule has 1 unspecified atom stereocenters.